The van der Waals surface area contributed by atoms with E-state index in [1.807, 2.05) is 24.8 Å². The minimum Gasteiger partial charge on any atom is -0.391 e. The predicted octanol–water partition coefficient (Wildman–Crippen LogP) is 2.72. The summed E-state index contributed by atoms with van der Waals surface area (Å²) in [6.07, 6.45) is 2.02. The summed E-state index contributed by atoms with van der Waals surface area (Å²) in [6.45, 7) is 4.08. The molecule has 6 heteroatoms. The molecule has 0 saturated carbocycles. The van der Waals surface area contributed by atoms with Crippen LogP contribution in [-0.4, -0.2) is 35.2 Å². The lowest BCUT2D eigenvalue weighted by Gasteiger charge is -2.25. The van der Waals surface area contributed by atoms with Crippen molar-refractivity contribution >= 4 is 17.8 Å². The molecule has 5 nitrogen and oxygen atoms in total. The van der Waals surface area contributed by atoms with Crippen molar-refractivity contribution in [1.29, 1.82) is 0 Å². The van der Waals surface area contributed by atoms with Gasteiger partial charge in [0, 0.05) is 18.3 Å². The smallest absolute Gasteiger partial charge is 0.162 e. The zero-order chi connectivity index (χ0) is 17.3. The first-order chi connectivity index (χ1) is 11.5. The summed E-state index contributed by atoms with van der Waals surface area (Å²) in [5, 5.41) is 13.0. The highest BCUT2D eigenvalue weighted by Gasteiger charge is 2.31. The fourth-order valence-electron chi connectivity index (χ4n) is 2.92. The molecule has 0 aliphatic carbocycles. The number of aldehydes is 1. The first-order valence-electron chi connectivity index (χ1n) is 7.96. The van der Waals surface area contributed by atoms with E-state index in [1.54, 1.807) is 12.3 Å². The molecule has 0 radical (unpaired) electrons. The zero-order valence-electron chi connectivity index (χ0n) is 13.7. The van der Waals surface area contributed by atoms with E-state index in [2.05, 4.69) is 10.3 Å². The van der Waals surface area contributed by atoms with Gasteiger partial charge in [0.15, 0.2) is 18.3 Å². The summed E-state index contributed by atoms with van der Waals surface area (Å²) in [4.78, 5) is 17.6. The monoisotopic (exact) mass is 329 g/mol. The Bertz CT molecular complexity index is 766. The fraction of sp³-hybridized carbons (Fsp3) is 0.333. The number of nitrogens with one attached hydrogen (secondary N) is 1. The molecule has 0 amide bonds. The number of aliphatic hydroxyl groups is 1. The second-order valence-corrected chi connectivity index (χ2v) is 5.99. The molecule has 0 fully saturated rings. The maximum Gasteiger partial charge on any atom is 0.162 e. The summed E-state index contributed by atoms with van der Waals surface area (Å²) >= 11 is 0. The van der Waals surface area contributed by atoms with E-state index in [0.717, 1.165) is 28.7 Å². The number of carbonyl (C=O) groups excluding carboxylic acids is 1. The van der Waals surface area contributed by atoms with Gasteiger partial charge in [-0.05, 0) is 42.7 Å². The lowest BCUT2D eigenvalue weighted by Crippen LogP contribution is -2.41. The number of nitrogens with zero attached hydrogens (tertiary/aromatic N) is 2. The highest BCUT2D eigenvalue weighted by Crippen LogP contribution is 2.36. The van der Waals surface area contributed by atoms with Crippen LogP contribution in [0.2, 0.25) is 0 Å². The second kappa shape index (κ2) is 6.57. The maximum atomic E-state index is 13.3. The SMILES string of the molecule is CCC(O)CN1c2cc(-c3ccc(F)cc3C)cnc2N[C@@H]1C=O. The van der Waals surface area contributed by atoms with Gasteiger partial charge in [-0.2, -0.15) is 0 Å². The first-order valence-corrected chi connectivity index (χ1v) is 7.96. The van der Waals surface area contributed by atoms with E-state index in [9.17, 15) is 14.3 Å². The number of aromatic nitrogens is 1. The standard InChI is InChI=1S/C18H20FN3O2/c1-3-14(24)9-22-16-7-12(8-20-18(16)21-17(22)10-23)15-5-4-13(19)6-11(15)2/h4-8,10,14,17,24H,3,9H2,1-2H3,(H,20,21)/t14?,17-/m0/s1. The van der Waals surface area contributed by atoms with Crippen LogP contribution < -0.4 is 10.2 Å². The molecule has 24 heavy (non-hydrogen) atoms. The van der Waals surface area contributed by atoms with Gasteiger partial charge in [-0.15, -0.1) is 0 Å². The molecule has 2 atom stereocenters. The molecule has 3 rings (SSSR count). The van der Waals surface area contributed by atoms with Gasteiger partial charge in [-0.1, -0.05) is 13.0 Å². The van der Waals surface area contributed by atoms with Gasteiger partial charge in [0.2, 0.25) is 0 Å². The van der Waals surface area contributed by atoms with Gasteiger partial charge in [0.05, 0.1) is 11.8 Å². The number of hydrogen-bond donors (Lipinski definition) is 2. The summed E-state index contributed by atoms with van der Waals surface area (Å²) in [5.74, 6) is 0.333. The van der Waals surface area contributed by atoms with Gasteiger partial charge >= 0.3 is 0 Å². The number of β-amino-alcohol motifs (C(OH)–C–C–N with tert-alkyl or cyclic N) is 1. The average Bonchev–Trinajstić information content (AvgIpc) is 2.91. The molecule has 0 bridgehead atoms. The van der Waals surface area contributed by atoms with E-state index < -0.39 is 12.3 Å². The molecule has 2 aromatic rings. The number of benzene rings is 1. The third-order valence-corrected chi connectivity index (χ3v) is 4.30. The largest absolute Gasteiger partial charge is 0.391 e. The molecule has 0 spiro atoms. The number of hydrogen-bond acceptors (Lipinski definition) is 5. The van der Waals surface area contributed by atoms with Crippen molar-refractivity contribution in [2.75, 3.05) is 16.8 Å². The maximum absolute atomic E-state index is 13.3. The highest BCUT2D eigenvalue weighted by molar-refractivity contribution is 5.85. The number of halogens is 1. The number of carbonyl (C=O) groups is 1. The van der Waals surface area contributed by atoms with Crippen molar-refractivity contribution in [2.45, 2.75) is 32.5 Å². The molecule has 1 aliphatic heterocycles. The topological polar surface area (TPSA) is 65.5 Å². The van der Waals surface area contributed by atoms with Crippen LogP contribution in [0.3, 0.4) is 0 Å². The van der Waals surface area contributed by atoms with Crippen molar-refractivity contribution < 1.29 is 14.3 Å². The average molecular weight is 329 g/mol. The number of fused-ring (bicyclic) bond motifs is 1. The minimum absolute atomic E-state index is 0.277. The Hall–Kier alpha value is -2.47. The van der Waals surface area contributed by atoms with Crippen LogP contribution in [0, 0.1) is 12.7 Å². The van der Waals surface area contributed by atoms with Crippen LogP contribution in [0.5, 0.6) is 0 Å². The third-order valence-electron chi connectivity index (χ3n) is 4.30. The molecule has 2 N–H and O–H groups in total. The van der Waals surface area contributed by atoms with Crippen molar-refractivity contribution in [3.05, 3.63) is 41.8 Å². The Labute approximate surface area is 140 Å². The lowest BCUT2D eigenvalue weighted by atomic mass is 10.0. The van der Waals surface area contributed by atoms with Crippen molar-refractivity contribution in [2.24, 2.45) is 0 Å². The Balaban J connectivity index is 2.00. The van der Waals surface area contributed by atoms with E-state index in [0.29, 0.717) is 18.8 Å². The van der Waals surface area contributed by atoms with E-state index >= 15 is 0 Å². The zero-order valence-corrected chi connectivity index (χ0v) is 13.7. The molecule has 1 aromatic heterocycles. The number of aryl methyl sites for hydroxylation is 1. The van der Waals surface area contributed by atoms with Crippen LogP contribution in [-0.2, 0) is 4.79 Å². The predicted molar refractivity (Wildman–Crippen MR) is 91.5 cm³/mol. The van der Waals surface area contributed by atoms with Gasteiger partial charge in [-0.25, -0.2) is 9.37 Å². The molecule has 126 valence electrons. The van der Waals surface area contributed by atoms with Gasteiger partial charge in [0.1, 0.15) is 5.82 Å². The number of pyridine rings is 1. The van der Waals surface area contributed by atoms with Crippen molar-refractivity contribution in [3.8, 4) is 11.1 Å². The number of aliphatic hydroxyl groups excluding tert-OH is 1. The molecule has 1 aromatic carbocycles. The van der Waals surface area contributed by atoms with Crippen molar-refractivity contribution in [1.82, 2.24) is 4.98 Å². The highest BCUT2D eigenvalue weighted by atomic mass is 19.1. The molecule has 0 saturated heterocycles. The summed E-state index contributed by atoms with van der Waals surface area (Å²) in [7, 11) is 0. The minimum atomic E-state index is -0.543. The quantitative estimate of drug-likeness (QED) is 0.826. The van der Waals surface area contributed by atoms with Crippen LogP contribution >= 0.6 is 0 Å². The molecular weight excluding hydrogens is 309 g/mol. The van der Waals surface area contributed by atoms with E-state index in [1.165, 1.54) is 12.1 Å². The van der Waals surface area contributed by atoms with E-state index in [-0.39, 0.29) is 5.82 Å². The fourth-order valence-corrected chi connectivity index (χ4v) is 2.92. The first kappa shape index (κ1) is 16.4. The third kappa shape index (κ3) is 2.97. The van der Waals surface area contributed by atoms with Crippen molar-refractivity contribution in [3.63, 3.8) is 0 Å². The summed E-state index contributed by atoms with van der Waals surface area (Å²) in [5.41, 5.74) is 3.31. The van der Waals surface area contributed by atoms with Crippen LogP contribution in [0.4, 0.5) is 15.9 Å². The Morgan fingerprint density at radius 3 is 2.92 bits per heavy atom. The summed E-state index contributed by atoms with van der Waals surface area (Å²) < 4.78 is 13.3. The Morgan fingerprint density at radius 1 is 1.46 bits per heavy atom. The van der Waals surface area contributed by atoms with Gasteiger partial charge in [-0.3, -0.25) is 4.79 Å². The second-order valence-electron chi connectivity index (χ2n) is 5.99. The Morgan fingerprint density at radius 2 is 2.25 bits per heavy atom. The number of anilines is 2. The molecule has 1 aliphatic rings. The Kier molecular flexibility index (Phi) is 4.49. The molecule has 2 heterocycles. The summed E-state index contributed by atoms with van der Waals surface area (Å²) in [6, 6.07) is 6.54. The lowest BCUT2D eigenvalue weighted by molar-refractivity contribution is -0.108. The van der Waals surface area contributed by atoms with E-state index in [4.69, 9.17) is 0 Å². The molecule has 1 unspecified atom stereocenters. The van der Waals surface area contributed by atoms with Crippen LogP contribution in [0.1, 0.15) is 18.9 Å². The number of rotatable bonds is 5. The molecular formula is C18H20FN3O2. The van der Waals surface area contributed by atoms with Gasteiger partial charge in [0.25, 0.3) is 0 Å². The van der Waals surface area contributed by atoms with Gasteiger partial charge < -0.3 is 15.3 Å². The normalized spacial score (nSPS) is 17.3. The van der Waals surface area contributed by atoms with Crippen LogP contribution in [0.25, 0.3) is 11.1 Å². The van der Waals surface area contributed by atoms with Crippen LogP contribution in [0.15, 0.2) is 30.5 Å².